The van der Waals surface area contributed by atoms with Crippen molar-refractivity contribution in [3.8, 4) is 11.3 Å². The number of amides is 1. The number of nitrogens with zero attached hydrogens (tertiary/aromatic N) is 1. The first-order valence-corrected chi connectivity index (χ1v) is 8.20. The molecule has 1 aromatic heterocycles. The molecule has 1 heterocycles. The molecule has 0 aliphatic heterocycles. The molecule has 136 valence electrons. The SMILES string of the molecule is CCC(=O)[O-].O=C(NCCC(F)(F)F)c1ccc(-c2cscn2)cc1. The fourth-order valence-corrected chi connectivity index (χ4v) is 2.13. The van der Waals surface area contributed by atoms with Crippen molar-refractivity contribution in [3.63, 3.8) is 0 Å². The molecule has 9 heteroatoms. The number of halogens is 3. The Morgan fingerprint density at radius 1 is 1.24 bits per heavy atom. The van der Waals surface area contributed by atoms with E-state index in [0.29, 0.717) is 5.56 Å². The summed E-state index contributed by atoms with van der Waals surface area (Å²) < 4.78 is 35.9. The van der Waals surface area contributed by atoms with Crippen LogP contribution in [0.2, 0.25) is 0 Å². The maximum atomic E-state index is 12.0. The summed E-state index contributed by atoms with van der Waals surface area (Å²) in [5.41, 5.74) is 3.69. The number of aliphatic carboxylic acids is 1. The van der Waals surface area contributed by atoms with Gasteiger partial charge in [-0.05, 0) is 18.6 Å². The molecular weight excluding hydrogens is 357 g/mol. The normalized spacial score (nSPS) is 10.6. The van der Waals surface area contributed by atoms with Gasteiger partial charge in [0.25, 0.3) is 5.91 Å². The lowest BCUT2D eigenvalue weighted by Crippen LogP contribution is -2.27. The number of carbonyl (C=O) groups excluding carboxylic acids is 2. The van der Waals surface area contributed by atoms with Gasteiger partial charge in [-0.25, -0.2) is 4.98 Å². The van der Waals surface area contributed by atoms with Crippen molar-refractivity contribution in [2.45, 2.75) is 25.9 Å². The van der Waals surface area contributed by atoms with Gasteiger partial charge in [0.15, 0.2) is 0 Å². The van der Waals surface area contributed by atoms with Crippen molar-refractivity contribution < 1.29 is 27.9 Å². The minimum atomic E-state index is -4.26. The molecule has 0 radical (unpaired) electrons. The number of nitrogens with one attached hydrogen (secondary N) is 1. The maximum absolute atomic E-state index is 12.0. The van der Waals surface area contributed by atoms with Gasteiger partial charge in [-0.1, -0.05) is 19.1 Å². The van der Waals surface area contributed by atoms with E-state index in [1.54, 1.807) is 29.8 Å². The third-order valence-corrected chi connectivity index (χ3v) is 3.44. The summed E-state index contributed by atoms with van der Waals surface area (Å²) >= 11 is 1.46. The Hall–Kier alpha value is -2.42. The van der Waals surface area contributed by atoms with Crippen LogP contribution in [0.3, 0.4) is 0 Å². The van der Waals surface area contributed by atoms with E-state index in [9.17, 15) is 27.9 Å². The van der Waals surface area contributed by atoms with Crippen LogP contribution in [0.1, 0.15) is 30.1 Å². The minimum Gasteiger partial charge on any atom is -0.550 e. The fraction of sp³-hybridized carbons (Fsp3) is 0.312. The number of thiazole rings is 1. The van der Waals surface area contributed by atoms with Crippen LogP contribution in [0.25, 0.3) is 11.3 Å². The van der Waals surface area contributed by atoms with Crippen LogP contribution in [-0.4, -0.2) is 29.6 Å². The molecule has 0 aliphatic carbocycles. The van der Waals surface area contributed by atoms with E-state index in [1.807, 2.05) is 5.38 Å². The van der Waals surface area contributed by atoms with Gasteiger partial charge in [0.05, 0.1) is 17.6 Å². The average Bonchev–Trinajstić information content (AvgIpc) is 3.08. The molecule has 1 N–H and O–H groups in total. The number of carboxylic acids is 1. The molecule has 0 spiro atoms. The summed E-state index contributed by atoms with van der Waals surface area (Å²) in [6.07, 6.45) is -5.18. The number of carbonyl (C=O) groups is 2. The molecule has 0 saturated carbocycles. The number of hydrogen-bond donors (Lipinski definition) is 1. The summed E-state index contributed by atoms with van der Waals surface area (Å²) in [5.74, 6) is -1.51. The lowest BCUT2D eigenvalue weighted by Gasteiger charge is -2.08. The molecule has 0 atom stereocenters. The lowest BCUT2D eigenvalue weighted by molar-refractivity contribution is -0.305. The topological polar surface area (TPSA) is 82.1 Å². The van der Waals surface area contributed by atoms with Gasteiger partial charge >= 0.3 is 6.18 Å². The number of benzene rings is 1. The molecule has 0 unspecified atom stereocenters. The van der Waals surface area contributed by atoms with E-state index >= 15 is 0 Å². The minimum absolute atomic E-state index is 0.111. The molecule has 1 amide bonds. The third kappa shape index (κ3) is 8.30. The van der Waals surface area contributed by atoms with E-state index in [2.05, 4.69) is 10.3 Å². The predicted octanol–water partition coefficient (Wildman–Crippen LogP) is 2.64. The molecule has 1 aromatic carbocycles. The van der Waals surface area contributed by atoms with Crippen molar-refractivity contribution in [2.24, 2.45) is 0 Å². The fourth-order valence-electron chi connectivity index (χ4n) is 1.57. The van der Waals surface area contributed by atoms with Gasteiger partial charge in [-0.3, -0.25) is 4.79 Å². The molecule has 5 nitrogen and oxygen atoms in total. The molecule has 0 saturated heterocycles. The first-order valence-electron chi connectivity index (χ1n) is 7.26. The second-order valence-corrected chi connectivity index (χ2v) is 5.52. The van der Waals surface area contributed by atoms with Gasteiger partial charge in [0.1, 0.15) is 0 Å². The highest BCUT2D eigenvalue weighted by Gasteiger charge is 2.26. The number of aromatic nitrogens is 1. The van der Waals surface area contributed by atoms with Crippen LogP contribution in [-0.2, 0) is 4.79 Å². The summed E-state index contributed by atoms with van der Waals surface area (Å²) in [4.78, 5) is 25.0. The number of hydrogen-bond acceptors (Lipinski definition) is 5. The van der Waals surface area contributed by atoms with E-state index in [1.165, 1.54) is 18.3 Å². The zero-order valence-electron chi connectivity index (χ0n) is 13.3. The van der Waals surface area contributed by atoms with Crippen LogP contribution in [0, 0.1) is 0 Å². The molecular formula is C16H16F3N2O3S-. The van der Waals surface area contributed by atoms with Crippen molar-refractivity contribution in [3.05, 3.63) is 40.7 Å². The van der Waals surface area contributed by atoms with Crippen LogP contribution in [0.4, 0.5) is 13.2 Å². The molecule has 0 aliphatic rings. The van der Waals surface area contributed by atoms with E-state index in [0.717, 1.165) is 11.3 Å². The van der Waals surface area contributed by atoms with Gasteiger partial charge in [-0.2, -0.15) is 13.2 Å². The number of alkyl halides is 3. The monoisotopic (exact) mass is 373 g/mol. The highest BCUT2D eigenvalue weighted by molar-refractivity contribution is 7.07. The van der Waals surface area contributed by atoms with Gasteiger partial charge in [0.2, 0.25) is 0 Å². The third-order valence-electron chi connectivity index (χ3n) is 2.86. The van der Waals surface area contributed by atoms with Crippen molar-refractivity contribution in [2.75, 3.05) is 6.54 Å². The summed E-state index contributed by atoms with van der Waals surface area (Å²) in [7, 11) is 0. The van der Waals surface area contributed by atoms with Crippen LogP contribution >= 0.6 is 11.3 Å². The van der Waals surface area contributed by atoms with E-state index in [-0.39, 0.29) is 6.42 Å². The summed E-state index contributed by atoms with van der Waals surface area (Å²) in [6, 6.07) is 6.57. The number of rotatable bonds is 5. The summed E-state index contributed by atoms with van der Waals surface area (Å²) in [5, 5.41) is 13.4. The van der Waals surface area contributed by atoms with Crippen molar-refractivity contribution in [1.82, 2.24) is 10.3 Å². The van der Waals surface area contributed by atoms with Crippen LogP contribution in [0.5, 0.6) is 0 Å². The van der Waals surface area contributed by atoms with Crippen molar-refractivity contribution >= 4 is 23.2 Å². The van der Waals surface area contributed by atoms with E-state index < -0.39 is 31.0 Å². The second-order valence-electron chi connectivity index (χ2n) is 4.80. The maximum Gasteiger partial charge on any atom is 0.390 e. The molecule has 2 aromatic rings. The Labute approximate surface area is 146 Å². The Bertz CT molecular complexity index is 671. The van der Waals surface area contributed by atoms with E-state index in [4.69, 9.17) is 0 Å². The van der Waals surface area contributed by atoms with Crippen LogP contribution in [0.15, 0.2) is 35.2 Å². The first-order chi connectivity index (χ1) is 11.7. The Morgan fingerprint density at radius 2 is 1.84 bits per heavy atom. The summed E-state index contributed by atoms with van der Waals surface area (Å²) in [6.45, 7) is 1.12. The Balaban J connectivity index is 0.000000550. The Kier molecular flexibility index (Phi) is 8.06. The smallest absolute Gasteiger partial charge is 0.390 e. The first kappa shape index (κ1) is 20.6. The zero-order chi connectivity index (χ0) is 18.9. The zero-order valence-corrected chi connectivity index (χ0v) is 14.1. The van der Waals surface area contributed by atoms with Crippen molar-refractivity contribution in [1.29, 1.82) is 0 Å². The second kappa shape index (κ2) is 9.77. The Morgan fingerprint density at radius 3 is 2.28 bits per heavy atom. The highest BCUT2D eigenvalue weighted by Crippen LogP contribution is 2.20. The molecule has 0 fully saturated rings. The van der Waals surface area contributed by atoms with Gasteiger partial charge in [0, 0.05) is 29.0 Å². The van der Waals surface area contributed by atoms with Gasteiger partial charge < -0.3 is 15.2 Å². The van der Waals surface area contributed by atoms with Crippen LogP contribution < -0.4 is 10.4 Å². The highest BCUT2D eigenvalue weighted by atomic mass is 32.1. The average molecular weight is 373 g/mol. The molecule has 0 bridgehead atoms. The molecule has 25 heavy (non-hydrogen) atoms. The lowest BCUT2D eigenvalue weighted by atomic mass is 10.1. The standard InChI is InChI=1S/C13H11F3N2OS.C3H6O2/c14-13(15,16)5-6-17-12(19)10-3-1-9(2-4-10)11-7-20-8-18-11;1-2-3(4)5/h1-4,7-8H,5-6H2,(H,17,19);2H2,1H3,(H,4,5)/p-1. The predicted molar refractivity (Wildman–Crippen MR) is 85.9 cm³/mol. The molecule has 2 rings (SSSR count). The van der Waals surface area contributed by atoms with Gasteiger partial charge in [-0.15, -0.1) is 11.3 Å². The number of carboxylic acid groups (broad SMARTS) is 1. The largest absolute Gasteiger partial charge is 0.550 e. The quantitative estimate of drug-likeness (QED) is 0.874.